The summed E-state index contributed by atoms with van der Waals surface area (Å²) in [6.45, 7) is 10.8. The number of carbonyl (C=O) groups excluding carboxylic acids is 1. The molecule has 9 heteroatoms. The van der Waals surface area contributed by atoms with Crippen molar-refractivity contribution in [2.75, 3.05) is 26.3 Å². The summed E-state index contributed by atoms with van der Waals surface area (Å²) in [5.41, 5.74) is 0.894. The zero-order chi connectivity index (χ0) is 18.8. The number of aryl methyl sites for hydroxylation is 1. The largest absolute Gasteiger partial charge is 0.379 e. The summed E-state index contributed by atoms with van der Waals surface area (Å²) < 4.78 is 33.9. The van der Waals surface area contributed by atoms with E-state index < -0.39 is 10.0 Å². The fourth-order valence-corrected chi connectivity index (χ4v) is 4.51. The Morgan fingerprint density at radius 1 is 1.24 bits per heavy atom. The summed E-state index contributed by atoms with van der Waals surface area (Å²) in [4.78, 5) is 12.4. The molecular formula is C16H28N4O4S. The van der Waals surface area contributed by atoms with Gasteiger partial charge in [0.25, 0.3) is 0 Å². The number of nitrogens with one attached hydrogen (secondary N) is 1. The van der Waals surface area contributed by atoms with Crippen molar-refractivity contribution in [3.63, 3.8) is 0 Å². The minimum Gasteiger partial charge on any atom is -0.379 e. The van der Waals surface area contributed by atoms with E-state index in [2.05, 4.69) is 10.4 Å². The Balaban J connectivity index is 2.21. The van der Waals surface area contributed by atoms with Crippen molar-refractivity contribution in [2.45, 2.75) is 52.1 Å². The van der Waals surface area contributed by atoms with E-state index in [0.717, 1.165) is 0 Å². The normalized spacial score (nSPS) is 17.7. The lowest BCUT2D eigenvalue weighted by molar-refractivity contribution is -0.122. The molecule has 0 aliphatic carbocycles. The lowest BCUT2D eigenvalue weighted by Gasteiger charge is -2.26. The van der Waals surface area contributed by atoms with Gasteiger partial charge in [-0.2, -0.15) is 9.40 Å². The Morgan fingerprint density at radius 2 is 1.84 bits per heavy atom. The Morgan fingerprint density at radius 3 is 2.40 bits per heavy atom. The number of morpholine rings is 1. The van der Waals surface area contributed by atoms with E-state index >= 15 is 0 Å². The maximum absolute atomic E-state index is 12.9. The van der Waals surface area contributed by atoms with Gasteiger partial charge < -0.3 is 10.1 Å². The fourth-order valence-electron chi connectivity index (χ4n) is 2.73. The Labute approximate surface area is 149 Å². The van der Waals surface area contributed by atoms with E-state index in [1.165, 1.54) is 8.99 Å². The molecular weight excluding hydrogens is 344 g/mol. The van der Waals surface area contributed by atoms with Gasteiger partial charge in [-0.25, -0.2) is 8.42 Å². The highest BCUT2D eigenvalue weighted by Gasteiger charge is 2.32. The Kier molecular flexibility index (Phi) is 6.23. The van der Waals surface area contributed by atoms with Crippen LogP contribution in [0.1, 0.15) is 32.2 Å². The summed E-state index contributed by atoms with van der Waals surface area (Å²) >= 11 is 0. The van der Waals surface area contributed by atoms with Gasteiger partial charge in [-0.15, -0.1) is 0 Å². The first-order valence-corrected chi connectivity index (χ1v) is 10.00. The highest BCUT2D eigenvalue weighted by Crippen LogP contribution is 2.24. The summed E-state index contributed by atoms with van der Waals surface area (Å²) in [6, 6.07) is 0.0426. The first-order valence-electron chi connectivity index (χ1n) is 8.56. The maximum Gasteiger partial charge on any atom is 0.246 e. The molecule has 0 spiro atoms. The second kappa shape index (κ2) is 7.84. The third kappa shape index (κ3) is 4.39. The van der Waals surface area contributed by atoms with E-state index in [1.54, 1.807) is 13.8 Å². The van der Waals surface area contributed by atoms with E-state index in [-0.39, 0.29) is 23.4 Å². The van der Waals surface area contributed by atoms with Crippen LogP contribution in [0.25, 0.3) is 0 Å². The molecule has 0 aromatic carbocycles. The second-order valence-electron chi connectivity index (χ2n) is 6.77. The number of hydrogen-bond donors (Lipinski definition) is 1. The van der Waals surface area contributed by atoms with Crippen molar-refractivity contribution >= 4 is 15.9 Å². The van der Waals surface area contributed by atoms with E-state index in [0.29, 0.717) is 43.6 Å². The number of ether oxygens (including phenoxy) is 1. The van der Waals surface area contributed by atoms with Crippen LogP contribution in [0.3, 0.4) is 0 Å². The van der Waals surface area contributed by atoms with Crippen LogP contribution < -0.4 is 5.32 Å². The van der Waals surface area contributed by atoms with Gasteiger partial charge in [0.1, 0.15) is 11.4 Å². The molecule has 1 amide bonds. The van der Waals surface area contributed by atoms with Crippen molar-refractivity contribution in [3.05, 3.63) is 11.4 Å². The molecule has 1 atom stereocenters. The Hall–Kier alpha value is -1.45. The van der Waals surface area contributed by atoms with Gasteiger partial charge in [0.05, 0.1) is 24.6 Å². The van der Waals surface area contributed by atoms with Crippen molar-refractivity contribution < 1.29 is 17.9 Å². The number of rotatable bonds is 6. The number of hydrogen-bond acceptors (Lipinski definition) is 5. The molecule has 8 nitrogen and oxygen atoms in total. The molecule has 142 valence electrons. The topological polar surface area (TPSA) is 93.5 Å². The van der Waals surface area contributed by atoms with Gasteiger partial charge >= 0.3 is 0 Å². The van der Waals surface area contributed by atoms with Gasteiger partial charge in [0.15, 0.2) is 0 Å². The van der Waals surface area contributed by atoms with Crippen LogP contribution in [0, 0.1) is 19.8 Å². The third-order valence-electron chi connectivity index (χ3n) is 4.57. The molecule has 2 heterocycles. The fraction of sp³-hybridized carbons (Fsp3) is 0.750. The first-order chi connectivity index (χ1) is 11.6. The molecule has 2 rings (SSSR count). The zero-order valence-electron chi connectivity index (χ0n) is 15.6. The van der Waals surface area contributed by atoms with Crippen LogP contribution >= 0.6 is 0 Å². The number of sulfonamides is 1. The molecule has 25 heavy (non-hydrogen) atoms. The molecule has 0 radical (unpaired) electrons. The molecule has 1 unspecified atom stereocenters. The SMILES string of the molecule is Cc1nn(CC(=O)NC(C)C(C)C)c(C)c1S(=O)(=O)N1CCOCC1. The molecule has 1 N–H and O–H groups in total. The van der Waals surface area contributed by atoms with Crippen LogP contribution in [0.5, 0.6) is 0 Å². The van der Waals surface area contributed by atoms with Crippen molar-refractivity contribution in [1.29, 1.82) is 0 Å². The molecule has 1 aliphatic rings. The Bertz CT molecular complexity index is 721. The minimum atomic E-state index is -3.64. The van der Waals surface area contributed by atoms with Crippen molar-refractivity contribution in [2.24, 2.45) is 5.92 Å². The zero-order valence-corrected chi connectivity index (χ0v) is 16.4. The monoisotopic (exact) mass is 372 g/mol. The molecule has 1 fully saturated rings. The number of carbonyl (C=O) groups is 1. The maximum atomic E-state index is 12.9. The smallest absolute Gasteiger partial charge is 0.246 e. The summed E-state index contributed by atoms with van der Waals surface area (Å²) in [6.07, 6.45) is 0. The van der Waals surface area contributed by atoms with Gasteiger partial charge in [0.2, 0.25) is 15.9 Å². The second-order valence-corrected chi connectivity index (χ2v) is 8.65. The molecule has 1 aromatic rings. The standard InChI is InChI=1S/C16H28N4O4S/c1-11(2)12(3)17-15(21)10-20-14(5)16(13(4)18-20)25(22,23)19-6-8-24-9-7-19/h11-12H,6-10H2,1-5H3,(H,17,21). The molecule has 1 aromatic heterocycles. The average molecular weight is 372 g/mol. The quantitative estimate of drug-likeness (QED) is 0.793. The molecule has 0 saturated carbocycles. The summed E-state index contributed by atoms with van der Waals surface area (Å²) in [5, 5.41) is 7.19. The third-order valence-corrected chi connectivity index (χ3v) is 6.72. The lowest BCUT2D eigenvalue weighted by atomic mass is 10.1. The predicted octanol–water partition coefficient (Wildman–Crippen LogP) is 0.682. The van der Waals surface area contributed by atoms with Crippen LogP contribution in [0.4, 0.5) is 0 Å². The van der Waals surface area contributed by atoms with Gasteiger partial charge in [-0.05, 0) is 26.7 Å². The lowest BCUT2D eigenvalue weighted by Crippen LogP contribution is -2.41. The van der Waals surface area contributed by atoms with Crippen molar-refractivity contribution in [1.82, 2.24) is 19.4 Å². The van der Waals surface area contributed by atoms with E-state index in [1.807, 2.05) is 20.8 Å². The number of nitrogens with zero attached hydrogens (tertiary/aromatic N) is 3. The van der Waals surface area contributed by atoms with Crippen LogP contribution in [0.15, 0.2) is 4.90 Å². The van der Waals surface area contributed by atoms with Crippen LogP contribution in [-0.4, -0.2) is 60.8 Å². The molecule has 1 aliphatic heterocycles. The average Bonchev–Trinajstić information content (AvgIpc) is 2.82. The molecule has 1 saturated heterocycles. The highest BCUT2D eigenvalue weighted by atomic mass is 32.2. The minimum absolute atomic E-state index is 0.00235. The van der Waals surface area contributed by atoms with E-state index in [9.17, 15) is 13.2 Å². The van der Waals surface area contributed by atoms with Crippen LogP contribution in [0.2, 0.25) is 0 Å². The summed E-state index contributed by atoms with van der Waals surface area (Å²) in [7, 11) is -3.64. The number of amides is 1. The van der Waals surface area contributed by atoms with Gasteiger partial charge in [-0.3, -0.25) is 9.48 Å². The van der Waals surface area contributed by atoms with Gasteiger partial charge in [0, 0.05) is 19.1 Å². The van der Waals surface area contributed by atoms with Crippen LogP contribution in [-0.2, 0) is 26.1 Å². The van der Waals surface area contributed by atoms with E-state index in [4.69, 9.17) is 4.74 Å². The predicted molar refractivity (Wildman–Crippen MR) is 93.7 cm³/mol. The highest BCUT2D eigenvalue weighted by molar-refractivity contribution is 7.89. The molecule has 0 bridgehead atoms. The van der Waals surface area contributed by atoms with Crippen molar-refractivity contribution in [3.8, 4) is 0 Å². The number of aromatic nitrogens is 2. The summed E-state index contributed by atoms with van der Waals surface area (Å²) in [5.74, 6) is 0.142. The first kappa shape index (κ1) is 19.9. The van der Waals surface area contributed by atoms with Gasteiger partial charge in [-0.1, -0.05) is 13.8 Å².